The molecule has 0 amide bonds. The van der Waals surface area contributed by atoms with E-state index in [1.807, 2.05) is 0 Å². The van der Waals surface area contributed by atoms with E-state index in [2.05, 4.69) is 6.92 Å². The zero-order chi connectivity index (χ0) is 14.0. The minimum atomic E-state index is -1.39. The zero-order valence-electron chi connectivity index (χ0n) is 10.1. The lowest BCUT2D eigenvalue weighted by Crippen LogP contribution is -2.01. The summed E-state index contributed by atoms with van der Waals surface area (Å²) in [6.07, 6.45) is 4.55. The first-order valence-electron chi connectivity index (χ1n) is 5.66. The molecule has 0 saturated heterocycles. The van der Waals surface area contributed by atoms with Crippen molar-refractivity contribution in [2.24, 2.45) is 0 Å². The molecule has 6 heteroatoms. The summed E-state index contributed by atoms with van der Waals surface area (Å²) in [6.45, 7) is 2.66. The van der Waals surface area contributed by atoms with Gasteiger partial charge in [-0.2, -0.15) is 5.54 Å². The molecule has 0 aliphatic heterocycles. The fourth-order valence-electron chi connectivity index (χ4n) is 1.12. The highest BCUT2D eigenvalue weighted by Gasteiger charge is 2.07. The Morgan fingerprint density at radius 2 is 1.28 bits per heavy atom. The smallest absolute Gasteiger partial charge is 0.161 e. The van der Waals surface area contributed by atoms with Crippen LogP contribution in [0.1, 0.15) is 32.6 Å². The third-order valence-electron chi connectivity index (χ3n) is 2.09. The Hall–Kier alpha value is -1.17. The van der Waals surface area contributed by atoms with Crippen LogP contribution in [-0.2, 0) is 0 Å². The lowest BCUT2D eigenvalue weighted by Gasteiger charge is -1.93. The number of rotatable bonds is 5. The van der Waals surface area contributed by atoms with E-state index < -0.39 is 23.3 Å². The SMILES string of the molecule is CCCCCCNF.Fc1cc(F)c(F)cc1F. The van der Waals surface area contributed by atoms with Gasteiger partial charge in [-0.05, 0) is 6.42 Å². The summed E-state index contributed by atoms with van der Waals surface area (Å²) in [4.78, 5) is 0. The van der Waals surface area contributed by atoms with Crippen molar-refractivity contribution in [1.82, 2.24) is 5.54 Å². The van der Waals surface area contributed by atoms with E-state index in [1.165, 1.54) is 12.8 Å². The van der Waals surface area contributed by atoms with Crippen molar-refractivity contribution in [2.45, 2.75) is 32.6 Å². The molecular formula is C12H16F5N. The van der Waals surface area contributed by atoms with Crippen molar-refractivity contribution in [3.05, 3.63) is 35.4 Å². The van der Waals surface area contributed by atoms with Gasteiger partial charge in [-0.3, -0.25) is 0 Å². The maximum absolute atomic E-state index is 12.0. The molecule has 0 aromatic heterocycles. The van der Waals surface area contributed by atoms with Gasteiger partial charge in [0.2, 0.25) is 0 Å². The third-order valence-corrected chi connectivity index (χ3v) is 2.09. The number of benzene rings is 1. The average molecular weight is 269 g/mol. The van der Waals surface area contributed by atoms with Gasteiger partial charge in [-0.1, -0.05) is 26.2 Å². The van der Waals surface area contributed by atoms with Gasteiger partial charge in [0.15, 0.2) is 23.3 Å². The van der Waals surface area contributed by atoms with Crippen LogP contribution in [0, 0.1) is 23.3 Å². The van der Waals surface area contributed by atoms with Crippen LogP contribution in [0.15, 0.2) is 12.1 Å². The predicted molar refractivity (Wildman–Crippen MR) is 59.5 cm³/mol. The lowest BCUT2D eigenvalue weighted by atomic mass is 10.2. The van der Waals surface area contributed by atoms with E-state index in [0.717, 1.165) is 12.8 Å². The number of hydrogen-bond donors (Lipinski definition) is 1. The van der Waals surface area contributed by atoms with Crippen LogP contribution < -0.4 is 5.54 Å². The van der Waals surface area contributed by atoms with Gasteiger partial charge in [0.25, 0.3) is 0 Å². The minimum Gasteiger partial charge on any atom is -0.204 e. The van der Waals surface area contributed by atoms with Crippen LogP contribution in [-0.4, -0.2) is 6.54 Å². The standard InChI is InChI=1S/C6H2F4.C6H14FN/c7-3-1-4(8)6(10)2-5(3)9;1-2-3-4-5-6-8-7/h1-2H;8H,2-6H2,1H3. The van der Waals surface area contributed by atoms with Crippen molar-refractivity contribution in [1.29, 1.82) is 0 Å². The Morgan fingerprint density at radius 3 is 1.61 bits per heavy atom. The largest absolute Gasteiger partial charge is 0.204 e. The number of halogens is 5. The number of nitrogens with one attached hydrogen (secondary N) is 1. The van der Waals surface area contributed by atoms with E-state index in [9.17, 15) is 22.0 Å². The summed E-state index contributed by atoms with van der Waals surface area (Å²) >= 11 is 0. The molecule has 0 atom stereocenters. The van der Waals surface area contributed by atoms with Crippen LogP contribution in [0.2, 0.25) is 0 Å². The highest BCUT2D eigenvalue weighted by molar-refractivity contribution is 5.10. The molecule has 0 bridgehead atoms. The summed E-state index contributed by atoms with van der Waals surface area (Å²) in [6, 6.07) is 0.315. The quantitative estimate of drug-likeness (QED) is 0.364. The average Bonchev–Trinajstić information content (AvgIpc) is 2.33. The topological polar surface area (TPSA) is 12.0 Å². The molecule has 0 spiro atoms. The molecule has 1 aromatic rings. The first-order valence-corrected chi connectivity index (χ1v) is 5.66. The second-order valence-electron chi connectivity index (χ2n) is 3.62. The molecule has 0 aliphatic rings. The van der Waals surface area contributed by atoms with E-state index in [4.69, 9.17) is 0 Å². The van der Waals surface area contributed by atoms with Crippen molar-refractivity contribution < 1.29 is 22.0 Å². The van der Waals surface area contributed by atoms with Crippen LogP contribution in [0.4, 0.5) is 22.0 Å². The lowest BCUT2D eigenvalue weighted by molar-refractivity contribution is 0.328. The summed E-state index contributed by atoms with van der Waals surface area (Å²) in [5, 5.41) is 0. The fraction of sp³-hybridized carbons (Fsp3) is 0.500. The molecule has 104 valence electrons. The maximum atomic E-state index is 12.0. The van der Waals surface area contributed by atoms with Crippen LogP contribution >= 0.6 is 0 Å². The minimum absolute atomic E-state index is 0.157. The molecule has 0 heterocycles. The molecule has 0 fully saturated rings. The van der Waals surface area contributed by atoms with Gasteiger partial charge in [0.1, 0.15) is 0 Å². The summed E-state index contributed by atoms with van der Waals surface area (Å²) < 4.78 is 59.1. The van der Waals surface area contributed by atoms with Crippen LogP contribution in [0.3, 0.4) is 0 Å². The van der Waals surface area contributed by atoms with Gasteiger partial charge >= 0.3 is 0 Å². The normalized spacial score (nSPS) is 9.89. The Balaban J connectivity index is 0.000000331. The molecule has 0 saturated carbocycles. The molecule has 0 unspecified atom stereocenters. The molecule has 18 heavy (non-hydrogen) atoms. The van der Waals surface area contributed by atoms with Gasteiger partial charge in [-0.15, -0.1) is 4.48 Å². The molecule has 1 nitrogen and oxygen atoms in total. The van der Waals surface area contributed by atoms with Crippen LogP contribution in [0.5, 0.6) is 0 Å². The van der Waals surface area contributed by atoms with Gasteiger partial charge < -0.3 is 0 Å². The first kappa shape index (κ1) is 16.8. The molecule has 0 radical (unpaired) electrons. The second kappa shape index (κ2) is 9.82. The van der Waals surface area contributed by atoms with Gasteiger partial charge in [0.05, 0.1) is 0 Å². The van der Waals surface area contributed by atoms with E-state index in [-0.39, 0.29) is 12.1 Å². The highest BCUT2D eigenvalue weighted by atomic mass is 19.2. The van der Waals surface area contributed by atoms with E-state index >= 15 is 0 Å². The zero-order valence-corrected chi connectivity index (χ0v) is 10.1. The van der Waals surface area contributed by atoms with E-state index in [1.54, 1.807) is 5.54 Å². The van der Waals surface area contributed by atoms with E-state index in [0.29, 0.717) is 6.54 Å². The van der Waals surface area contributed by atoms with Gasteiger partial charge in [0, 0.05) is 18.7 Å². The number of unbranched alkanes of at least 4 members (excludes halogenated alkanes) is 3. The Bertz CT molecular complexity index is 287. The molecule has 1 N–H and O–H groups in total. The molecule has 1 aromatic carbocycles. The highest BCUT2D eigenvalue weighted by Crippen LogP contribution is 2.11. The summed E-state index contributed by atoms with van der Waals surface area (Å²) in [7, 11) is 0. The van der Waals surface area contributed by atoms with Crippen molar-refractivity contribution in [3.63, 3.8) is 0 Å². The third kappa shape index (κ3) is 7.21. The Kier molecular flexibility index (Phi) is 9.18. The maximum Gasteiger partial charge on any atom is 0.161 e. The first-order chi connectivity index (χ1) is 8.52. The molecule has 0 aliphatic carbocycles. The van der Waals surface area contributed by atoms with Crippen molar-refractivity contribution in [2.75, 3.05) is 6.54 Å². The van der Waals surface area contributed by atoms with Crippen molar-refractivity contribution >= 4 is 0 Å². The Morgan fingerprint density at radius 1 is 0.833 bits per heavy atom. The summed E-state index contributed by atoms with van der Waals surface area (Å²) in [5.74, 6) is -5.56. The monoisotopic (exact) mass is 269 g/mol. The van der Waals surface area contributed by atoms with Crippen LogP contribution in [0.25, 0.3) is 0 Å². The summed E-state index contributed by atoms with van der Waals surface area (Å²) in [5.41, 5.74) is 1.63. The fourth-order valence-corrected chi connectivity index (χ4v) is 1.12. The second-order valence-corrected chi connectivity index (χ2v) is 3.62. The molecular weight excluding hydrogens is 253 g/mol. The number of hydrogen-bond acceptors (Lipinski definition) is 1. The van der Waals surface area contributed by atoms with Gasteiger partial charge in [-0.25, -0.2) is 17.6 Å². The Labute approximate surface area is 103 Å². The van der Waals surface area contributed by atoms with Crippen molar-refractivity contribution in [3.8, 4) is 0 Å². The molecule has 1 rings (SSSR count). The predicted octanol–water partition coefficient (Wildman–Crippen LogP) is 4.28.